The number of nitrogens with two attached hydrogens (primary N) is 1. The highest BCUT2D eigenvalue weighted by molar-refractivity contribution is 5.85. The number of benzene rings is 1. The van der Waals surface area contributed by atoms with E-state index < -0.39 is 16.9 Å². The van der Waals surface area contributed by atoms with Gasteiger partial charge in [0.2, 0.25) is 0 Å². The fraction of sp³-hybridized carbons (Fsp3) is 0.300. The van der Waals surface area contributed by atoms with Crippen molar-refractivity contribution in [3.63, 3.8) is 0 Å². The summed E-state index contributed by atoms with van der Waals surface area (Å²) in [4.78, 5) is 21.1. The van der Waals surface area contributed by atoms with Crippen molar-refractivity contribution >= 4 is 24.1 Å². The van der Waals surface area contributed by atoms with Crippen LogP contribution in [0.4, 0.5) is 5.69 Å². The lowest BCUT2D eigenvalue weighted by Gasteiger charge is -2.08. The number of nitro benzene ring substituents is 1. The lowest BCUT2D eigenvalue weighted by atomic mass is 10.1. The Morgan fingerprint density at radius 3 is 2.76 bits per heavy atom. The van der Waals surface area contributed by atoms with Crippen LogP contribution in [0.5, 0.6) is 0 Å². The van der Waals surface area contributed by atoms with E-state index in [2.05, 4.69) is 4.74 Å². The largest absolute Gasteiger partial charge is 0.468 e. The molecular formula is C10H13ClN2O4. The van der Waals surface area contributed by atoms with Gasteiger partial charge in [-0.25, -0.2) is 0 Å². The molecular weight excluding hydrogens is 248 g/mol. The number of rotatable bonds is 4. The summed E-state index contributed by atoms with van der Waals surface area (Å²) in [6.07, 6.45) is 0.217. The molecule has 0 unspecified atom stereocenters. The average molecular weight is 261 g/mol. The number of ether oxygens (including phenoxy) is 1. The molecule has 0 fully saturated rings. The Labute approximate surface area is 104 Å². The van der Waals surface area contributed by atoms with Crippen molar-refractivity contribution in [2.24, 2.45) is 5.73 Å². The van der Waals surface area contributed by atoms with Crippen LogP contribution in [0, 0.1) is 10.1 Å². The molecule has 0 aliphatic carbocycles. The zero-order valence-corrected chi connectivity index (χ0v) is 9.98. The van der Waals surface area contributed by atoms with E-state index in [0.29, 0.717) is 5.56 Å². The first-order valence-electron chi connectivity index (χ1n) is 4.61. The summed E-state index contributed by atoms with van der Waals surface area (Å²) in [5, 5.41) is 10.5. The highest BCUT2D eigenvalue weighted by Crippen LogP contribution is 2.14. The minimum atomic E-state index is -0.799. The van der Waals surface area contributed by atoms with E-state index in [-0.39, 0.29) is 24.5 Å². The normalized spacial score (nSPS) is 11.2. The fourth-order valence-electron chi connectivity index (χ4n) is 1.29. The minimum Gasteiger partial charge on any atom is -0.468 e. The highest BCUT2D eigenvalue weighted by Gasteiger charge is 2.15. The van der Waals surface area contributed by atoms with Crippen LogP contribution in [-0.4, -0.2) is 24.0 Å². The van der Waals surface area contributed by atoms with Crippen LogP contribution in [0.3, 0.4) is 0 Å². The summed E-state index contributed by atoms with van der Waals surface area (Å²) in [5.41, 5.74) is 6.15. The summed E-state index contributed by atoms with van der Waals surface area (Å²) in [5.74, 6) is -0.536. The van der Waals surface area contributed by atoms with Crippen LogP contribution in [0.15, 0.2) is 24.3 Å². The van der Waals surface area contributed by atoms with Crippen LogP contribution in [0.25, 0.3) is 0 Å². The molecule has 7 heteroatoms. The quantitative estimate of drug-likeness (QED) is 0.496. The van der Waals surface area contributed by atoms with Crippen LogP contribution in [0.1, 0.15) is 5.56 Å². The van der Waals surface area contributed by atoms with Gasteiger partial charge in [0.15, 0.2) is 0 Å². The Morgan fingerprint density at radius 2 is 2.24 bits per heavy atom. The second-order valence-electron chi connectivity index (χ2n) is 3.26. The molecule has 1 aromatic rings. The Bertz CT molecular complexity index is 411. The van der Waals surface area contributed by atoms with Gasteiger partial charge in [-0.15, -0.1) is 12.4 Å². The van der Waals surface area contributed by atoms with Gasteiger partial charge >= 0.3 is 5.97 Å². The van der Waals surface area contributed by atoms with Gasteiger partial charge in [-0.3, -0.25) is 14.9 Å². The van der Waals surface area contributed by atoms with Crippen molar-refractivity contribution in [2.45, 2.75) is 12.5 Å². The number of carbonyl (C=O) groups excluding carboxylic acids is 1. The number of methoxy groups -OCH3 is 1. The summed E-state index contributed by atoms with van der Waals surface area (Å²) in [7, 11) is 1.25. The Balaban J connectivity index is 0.00000256. The van der Waals surface area contributed by atoms with Crippen molar-refractivity contribution < 1.29 is 14.5 Å². The molecule has 94 valence electrons. The molecule has 6 nitrogen and oxygen atoms in total. The minimum absolute atomic E-state index is 0. The summed E-state index contributed by atoms with van der Waals surface area (Å²) < 4.78 is 4.46. The third-order valence-corrected chi connectivity index (χ3v) is 2.08. The predicted octanol–water partition coefficient (Wildman–Crippen LogP) is 1.06. The van der Waals surface area contributed by atoms with Gasteiger partial charge in [-0.2, -0.15) is 0 Å². The predicted molar refractivity (Wildman–Crippen MR) is 64.0 cm³/mol. The first-order chi connectivity index (χ1) is 7.54. The number of halogens is 1. The van der Waals surface area contributed by atoms with Crippen LogP contribution in [0.2, 0.25) is 0 Å². The van der Waals surface area contributed by atoms with Crippen LogP contribution < -0.4 is 5.73 Å². The smallest absolute Gasteiger partial charge is 0.322 e. The molecule has 0 bridgehead atoms. The number of hydrogen-bond donors (Lipinski definition) is 1. The first-order valence-corrected chi connectivity index (χ1v) is 4.61. The summed E-state index contributed by atoms with van der Waals surface area (Å²) >= 11 is 0. The number of nitro groups is 1. The van der Waals surface area contributed by atoms with Crippen molar-refractivity contribution in [1.82, 2.24) is 0 Å². The lowest BCUT2D eigenvalue weighted by Crippen LogP contribution is -2.33. The molecule has 1 aromatic carbocycles. The Kier molecular flexibility index (Phi) is 6.16. The number of hydrogen-bond acceptors (Lipinski definition) is 5. The molecule has 0 aliphatic heterocycles. The van der Waals surface area contributed by atoms with E-state index in [1.807, 2.05) is 0 Å². The second kappa shape index (κ2) is 6.82. The zero-order valence-electron chi connectivity index (χ0n) is 9.16. The fourth-order valence-corrected chi connectivity index (χ4v) is 1.29. The molecule has 0 aliphatic rings. The molecule has 1 rings (SSSR count). The van der Waals surface area contributed by atoms with Gasteiger partial charge in [0.25, 0.3) is 5.69 Å². The molecule has 0 saturated heterocycles. The molecule has 0 spiro atoms. The molecule has 17 heavy (non-hydrogen) atoms. The second-order valence-corrected chi connectivity index (χ2v) is 3.26. The first kappa shape index (κ1) is 15.3. The topological polar surface area (TPSA) is 95.5 Å². The summed E-state index contributed by atoms with van der Waals surface area (Å²) in [6, 6.07) is 5.20. The highest BCUT2D eigenvalue weighted by atomic mass is 35.5. The van der Waals surface area contributed by atoms with Gasteiger partial charge in [-0.1, -0.05) is 12.1 Å². The maximum absolute atomic E-state index is 11.1. The average Bonchev–Trinajstić information content (AvgIpc) is 2.28. The number of carbonyl (C=O) groups is 1. The maximum atomic E-state index is 11.1. The Morgan fingerprint density at radius 1 is 1.59 bits per heavy atom. The van der Waals surface area contributed by atoms with E-state index in [9.17, 15) is 14.9 Å². The molecule has 0 amide bonds. The van der Waals surface area contributed by atoms with Crippen molar-refractivity contribution in [2.75, 3.05) is 7.11 Å². The monoisotopic (exact) mass is 260 g/mol. The SMILES string of the molecule is COC(=O)[C@@H](N)Cc1cccc([N+](=O)[O-])c1.Cl. The third kappa shape index (κ3) is 4.38. The summed E-state index contributed by atoms with van der Waals surface area (Å²) in [6.45, 7) is 0. The third-order valence-electron chi connectivity index (χ3n) is 2.08. The van der Waals surface area contributed by atoms with E-state index in [0.717, 1.165) is 0 Å². The molecule has 0 aromatic heterocycles. The van der Waals surface area contributed by atoms with E-state index in [4.69, 9.17) is 5.73 Å². The van der Waals surface area contributed by atoms with E-state index in [1.165, 1.54) is 19.2 Å². The maximum Gasteiger partial charge on any atom is 0.322 e. The molecule has 2 N–H and O–H groups in total. The van der Waals surface area contributed by atoms with Crippen molar-refractivity contribution in [3.8, 4) is 0 Å². The molecule has 0 heterocycles. The van der Waals surface area contributed by atoms with Gasteiger partial charge in [0, 0.05) is 12.1 Å². The Hall–Kier alpha value is -1.66. The zero-order chi connectivity index (χ0) is 12.1. The number of esters is 1. The molecule has 0 saturated carbocycles. The standard InChI is InChI=1S/C10H12N2O4.ClH/c1-16-10(13)9(11)6-7-3-2-4-8(5-7)12(14)15;/h2-5,9H,6,11H2,1H3;1H/t9-;/m0./s1. The van der Waals surface area contributed by atoms with E-state index >= 15 is 0 Å². The lowest BCUT2D eigenvalue weighted by molar-refractivity contribution is -0.384. The molecule has 0 radical (unpaired) electrons. The number of nitrogens with zero attached hydrogens (tertiary/aromatic N) is 1. The van der Waals surface area contributed by atoms with E-state index in [1.54, 1.807) is 12.1 Å². The number of non-ortho nitro benzene ring substituents is 1. The van der Waals surface area contributed by atoms with Gasteiger partial charge in [0.05, 0.1) is 12.0 Å². The van der Waals surface area contributed by atoms with Crippen molar-refractivity contribution in [1.29, 1.82) is 0 Å². The van der Waals surface area contributed by atoms with Gasteiger partial charge in [0.1, 0.15) is 6.04 Å². The molecule has 1 atom stereocenters. The van der Waals surface area contributed by atoms with Gasteiger partial charge in [-0.05, 0) is 12.0 Å². The van der Waals surface area contributed by atoms with Crippen LogP contribution >= 0.6 is 12.4 Å². The van der Waals surface area contributed by atoms with Crippen molar-refractivity contribution in [3.05, 3.63) is 39.9 Å². The van der Waals surface area contributed by atoms with Crippen LogP contribution in [-0.2, 0) is 16.0 Å². The van der Waals surface area contributed by atoms with Gasteiger partial charge < -0.3 is 10.5 Å².